The molecule has 0 aliphatic rings. The number of rotatable bonds is 7. The summed E-state index contributed by atoms with van der Waals surface area (Å²) < 4.78 is 24.2. The summed E-state index contributed by atoms with van der Waals surface area (Å²) in [6.45, 7) is 4.86. The lowest BCUT2D eigenvalue weighted by Gasteiger charge is -2.17. The fourth-order valence-electron chi connectivity index (χ4n) is 4.19. The third-order valence-corrected chi connectivity index (χ3v) is 5.51. The molecule has 7 heteroatoms. The van der Waals surface area contributed by atoms with Crippen LogP contribution in [0.15, 0.2) is 42.5 Å². The Kier molecular flexibility index (Phi) is 5.90. The summed E-state index contributed by atoms with van der Waals surface area (Å²) in [7, 11) is 4.71. The van der Waals surface area contributed by atoms with Crippen LogP contribution in [0.1, 0.15) is 24.3 Å². The highest BCUT2D eigenvalue weighted by Gasteiger charge is 2.25. The highest BCUT2D eigenvalue weighted by Crippen LogP contribution is 2.46. The first kappa shape index (κ1) is 21.5. The van der Waals surface area contributed by atoms with E-state index < -0.39 is 5.97 Å². The van der Waals surface area contributed by atoms with Crippen LogP contribution in [-0.4, -0.2) is 43.5 Å². The van der Waals surface area contributed by atoms with Crippen LogP contribution in [-0.2, 0) is 11.3 Å². The molecule has 0 N–H and O–H groups in total. The predicted molar refractivity (Wildman–Crippen MR) is 124 cm³/mol. The summed E-state index contributed by atoms with van der Waals surface area (Å²) in [4.78, 5) is 17.5. The summed E-state index contributed by atoms with van der Waals surface area (Å²) in [5.41, 5.74) is 3.52. The second kappa shape index (κ2) is 8.78. The quantitative estimate of drug-likeness (QED) is 0.378. The third kappa shape index (κ3) is 3.30. The summed E-state index contributed by atoms with van der Waals surface area (Å²) in [6.07, 6.45) is 0. The van der Waals surface area contributed by atoms with E-state index in [4.69, 9.17) is 23.9 Å². The largest absolute Gasteiger partial charge is 0.493 e. The molecule has 2 aromatic carbocycles. The van der Waals surface area contributed by atoms with Crippen LogP contribution >= 0.6 is 0 Å². The second-order valence-electron chi connectivity index (χ2n) is 7.12. The molecule has 0 aliphatic carbocycles. The number of aromatic nitrogens is 2. The number of aryl methyl sites for hydroxylation is 1. The molecule has 2 aromatic heterocycles. The van der Waals surface area contributed by atoms with Crippen molar-refractivity contribution in [3.05, 3.63) is 48.2 Å². The van der Waals surface area contributed by atoms with Crippen molar-refractivity contribution >= 4 is 27.8 Å². The van der Waals surface area contributed by atoms with Gasteiger partial charge in [0, 0.05) is 28.4 Å². The lowest BCUT2D eigenvalue weighted by Crippen LogP contribution is -2.09. The van der Waals surface area contributed by atoms with Gasteiger partial charge in [-0.25, -0.2) is 9.78 Å². The zero-order chi connectivity index (χ0) is 22.8. The molecule has 0 saturated heterocycles. The third-order valence-electron chi connectivity index (χ3n) is 5.51. The number of hydrogen-bond donors (Lipinski definition) is 0. The van der Waals surface area contributed by atoms with Crippen molar-refractivity contribution in [3.8, 4) is 28.5 Å². The van der Waals surface area contributed by atoms with Gasteiger partial charge in [0.15, 0.2) is 11.5 Å². The number of pyridine rings is 1. The molecule has 0 unspecified atom stereocenters. The van der Waals surface area contributed by atoms with Crippen LogP contribution in [0.25, 0.3) is 33.1 Å². The van der Waals surface area contributed by atoms with E-state index in [1.165, 1.54) is 0 Å². The molecular formula is C25H26N2O5. The van der Waals surface area contributed by atoms with Crippen LogP contribution in [0.2, 0.25) is 0 Å². The van der Waals surface area contributed by atoms with Crippen LogP contribution in [0.4, 0.5) is 0 Å². The second-order valence-corrected chi connectivity index (χ2v) is 7.12. The number of para-hydroxylation sites is 1. The van der Waals surface area contributed by atoms with E-state index in [0.29, 0.717) is 28.5 Å². The highest BCUT2D eigenvalue weighted by molar-refractivity contribution is 6.14. The average molecular weight is 434 g/mol. The van der Waals surface area contributed by atoms with Gasteiger partial charge in [0.05, 0.1) is 39.1 Å². The molecule has 0 aliphatic heterocycles. The van der Waals surface area contributed by atoms with Gasteiger partial charge >= 0.3 is 5.97 Å². The lowest BCUT2D eigenvalue weighted by atomic mass is 10.0. The maximum absolute atomic E-state index is 12.7. The molecule has 0 radical (unpaired) electrons. The zero-order valence-electron chi connectivity index (χ0n) is 18.9. The maximum atomic E-state index is 12.7. The van der Waals surface area contributed by atoms with E-state index in [1.54, 1.807) is 40.4 Å². The number of carbonyl (C=O) groups is 1. The van der Waals surface area contributed by atoms with Crippen molar-refractivity contribution in [1.29, 1.82) is 0 Å². The van der Waals surface area contributed by atoms with Crippen molar-refractivity contribution in [1.82, 2.24) is 9.55 Å². The van der Waals surface area contributed by atoms with E-state index in [9.17, 15) is 4.79 Å². The van der Waals surface area contributed by atoms with Gasteiger partial charge < -0.3 is 23.5 Å². The minimum atomic E-state index is -0.469. The van der Waals surface area contributed by atoms with Crippen molar-refractivity contribution in [2.24, 2.45) is 0 Å². The van der Waals surface area contributed by atoms with Crippen molar-refractivity contribution < 1.29 is 23.7 Å². The zero-order valence-corrected chi connectivity index (χ0v) is 18.9. The standard InChI is InChI=1S/C25H26N2O5/c1-6-27-19-11-9-8-10-15(19)17-14-18(25(28)32-7-2)26-21(22(17)27)16-12-13-20(29-3)24(31-5)23(16)30-4/h8-14H,6-7H2,1-5H3. The molecule has 0 fully saturated rings. The van der Waals surface area contributed by atoms with Gasteiger partial charge in [-0.05, 0) is 38.1 Å². The monoisotopic (exact) mass is 434 g/mol. The van der Waals surface area contributed by atoms with Gasteiger partial charge in [0.1, 0.15) is 5.69 Å². The average Bonchev–Trinajstić information content (AvgIpc) is 3.16. The number of fused-ring (bicyclic) bond motifs is 3. The minimum Gasteiger partial charge on any atom is -0.493 e. The van der Waals surface area contributed by atoms with Crippen LogP contribution in [0.5, 0.6) is 17.2 Å². The lowest BCUT2D eigenvalue weighted by molar-refractivity contribution is 0.0520. The summed E-state index contributed by atoms with van der Waals surface area (Å²) in [6, 6.07) is 13.6. The van der Waals surface area contributed by atoms with E-state index in [-0.39, 0.29) is 12.3 Å². The first-order valence-electron chi connectivity index (χ1n) is 10.5. The molecule has 2 heterocycles. The van der Waals surface area contributed by atoms with E-state index in [1.807, 2.05) is 24.3 Å². The van der Waals surface area contributed by atoms with Crippen molar-refractivity contribution in [2.45, 2.75) is 20.4 Å². The molecular weight excluding hydrogens is 408 g/mol. The van der Waals surface area contributed by atoms with Crippen LogP contribution in [0.3, 0.4) is 0 Å². The normalized spacial score (nSPS) is 11.0. The van der Waals surface area contributed by atoms with E-state index >= 15 is 0 Å². The molecule has 0 atom stereocenters. The van der Waals surface area contributed by atoms with Crippen molar-refractivity contribution in [3.63, 3.8) is 0 Å². The van der Waals surface area contributed by atoms with E-state index in [2.05, 4.69) is 17.6 Å². The van der Waals surface area contributed by atoms with Gasteiger partial charge in [0.25, 0.3) is 0 Å². The highest BCUT2D eigenvalue weighted by atomic mass is 16.5. The Hall–Kier alpha value is -3.74. The molecule has 4 aromatic rings. The Balaban J connectivity index is 2.16. The molecule has 0 spiro atoms. The number of esters is 1. The van der Waals surface area contributed by atoms with Gasteiger partial charge in [0.2, 0.25) is 5.75 Å². The smallest absolute Gasteiger partial charge is 0.356 e. The number of ether oxygens (including phenoxy) is 4. The molecule has 0 bridgehead atoms. The van der Waals surface area contributed by atoms with Gasteiger partial charge in [-0.15, -0.1) is 0 Å². The Bertz CT molecular complexity index is 1310. The molecule has 0 amide bonds. The number of methoxy groups -OCH3 is 3. The summed E-state index contributed by atoms with van der Waals surface area (Å²) >= 11 is 0. The van der Waals surface area contributed by atoms with E-state index in [0.717, 1.165) is 28.4 Å². The number of carbonyl (C=O) groups excluding carboxylic acids is 1. The van der Waals surface area contributed by atoms with Gasteiger partial charge in [-0.2, -0.15) is 0 Å². The SMILES string of the molecule is CCOC(=O)c1cc2c3ccccc3n(CC)c2c(-c2ccc(OC)c(OC)c2OC)n1. The molecule has 166 valence electrons. The molecule has 0 saturated carbocycles. The topological polar surface area (TPSA) is 71.8 Å². The first-order chi connectivity index (χ1) is 15.6. The fourth-order valence-corrected chi connectivity index (χ4v) is 4.19. The van der Waals surface area contributed by atoms with Gasteiger partial charge in [-0.1, -0.05) is 18.2 Å². The Labute approximate surface area is 186 Å². The maximum Gasteiger partial charge on any atom is 0.356 e. The molecule has 4 rings (SSSR count). The first-order valence-corrected chi connectivity index (χ1v) is 10.5. The number of hydrogen-bond acceptors (Lipinski definition) is 6. The molecule has 7 nitrogen and oxygen atoms in total. The number of nitrogens with zero attached hydrogens (tertiary/aromatic N) is 2. The minimum absolute atomic E-state index is 0.241. The Morgan fingerprint density at radius 3 is 2.34 bits per heavy atom. The number of benzene rings is 2. The van der Waals surface area contributed by atoms with Gasteiger partial charge in [-0.3, -0.25) is 0 Å². The summed E-state index contributed by atoms with van der Waals surface area (Å²) in [5.74, 6) is 1.02. The van der Waals surface area contributed by atoms with Crippen LogP contribution in [0, 0.1) is 0 Å². The molecule has 32 heavy (non-hydrogen) atoms. The Morgan fingerprint density at radius 2 is 1.69 bits per heavy atom. The van der Waals surface area contributed by atoms with Crippen molar-refractivity contribution in [2.75, 3.05) is 27.9 Å². The Morgan fingerprint density at radius 1 is 0.938 bits per heavy atom. The fraction of sp³-hybridized carbons (Fsp3) is 0.280. The summed E-state index contributed by atoms with van der Waals surface area (Å²) in [5, 5.41) is 1.96. The predicted octanol–water partition coefficient (Wildman–Crippen LogP) is 5.08. The van der Waals surface area contributed by atoms with Crippen LogP contribution < -0.4 is 14.2 Å².